The molecule has 10 nitrogen and oxygen atoms in total. The molecule has 0 amide bonds. The van der Waals surface area contributed by atoms with Crippen molar-refractivity contribution in [2.45, 2.75) is 70.4 Å². The summed E-state index contributed by atoms with van der Waals surface area (Å²) in [6.45, 7) is 6.70. The molecule has 200 valence electrons. The molecule has 4 aromatic rings. The Morgan fingerprint density at radius 3 is 2.63 bits per heavy atom. The minimum atomic E-state index is -0.198. The standard InChI is InChI=1S/C27H34N8O2S/c1-16-13-35(14-17(2)37-16)15-21-10-25(33-26(31-21)30-20-4-6-22(36)7-5-20)34-27-32-23-8-3-18(9-24(23)38-27)19-11-28-29-12-19/h3,8-12,16-17,20,22,36H,4-7,13-15H2,1-2H3,(H,28,29)(H2,30,31,32,33,34)/t16-,17+,20?,22?. The van der Waals surface area contributed by atoms with E-state index in [0.29, 0.717) is 5.95 Å². The fraction of sp³-hybridized carbons (Fsp3) is 0.481. The average Bonchev–Trinajstić information content (AvgIpc) is 3.54. The minimum Gasteiger partial charge on any atom is -0.393 e. The molecule has 0 spiro atoms. The summed E-state index contributed by atoms with van der Waals surface area (Å²) >= 11 is 1.60. The number of thiazole rings is 1. The van der Waals surface area contributed by atoms with Gasteiger partial charge in [-0.05, 0) is 57.2 Å². The number of morpholine rings is 1. The van der Waals surface area contributed by atoms with Crippen molar-refractivity contribution in [2.75, 3.05) is 23.7 Å². The molecule has 1 saturated heterocycles. The molecule has 1 aliphatic heterocycles. The Bertz CT molecular complexity index is 1360. The van der Waals surface area contributed by atoms with Crippen LogP contribution in [-0.4, -0.2) is 72.6 Å². The van der Waals surface area contributed by atoms with Crippen molar-refractivity contribution in [3.05, 3.63) is 42.4 Å². The van der Waals surface area contributed by atoms with E-state index in [4.69, 9.17) is 19.7 Å². The highest BCUT2D eigenvalue weighted by atomic mass is 32.1. The van der Waals surface area contributed by atoms with Crippen LogP contribution in [0.15, 0.2) is 36.7 Å². The van der Waals surface area contributed by atoms with E-state index < -0.39 is 0 Å². The van der Waals surface area contributed by atoms with E-state index in [9.17, 15) is 5.11 Å². The Morgan fingerprint density at radius 1 is 1.05 bits per heavy atom. The number of nitrogens with one attached hydrogen (secondary N) is 3. The van der Waals surface area contributed by atoms with Crippen LogP contribution in [0.25, 0.3) is 21.3 Å². The number of benzene rings is 1. The average molecular weight is 535 g/mol. The highest BCUT2D eigenvalue weighted by molar-refractivity contribution is 7.22. The molecule has 2 aliphatic rings. The number of aromatic nitrogens is 5. The van der Waals surface area contributed by atoms with Gasteiger partial charge in [0.2, 0.25) is 5.95 Å². The van der Waals surface area contributed by atoms with Crippen molar-refractivity contribution < 1.29 is 9.84 Å². The van der Waals surface area contributed by atoms with Crippen LogP contribution in [0.2, 0.25) is 0 Å². The lowest BCUT2D eigenvalue weighted by Crippen LogP contribution is -2.45. The molecule has 4 heterocycles. The summed E-state index contributed by atoms with van der Waals surface area (Å²) in [4.78, 5) is 16.9. The van der Waals surface area contributed by atoms with Crippen LogP contribution in [0.5, 0.6) is 0 Å². The first kappa shape index (κ1) is 25.2. The number of fused-ring (bicyclic) bond motifs is 1. The Morgan fingerprint density at radius 2 is 1.87 bits per heavy atom. The molecular formula is C27H34N8O2S. The van der Waals surface area contributed by atoms with E-state index in [1.54, 1.807) is 11.3 Å². The van der Waals surface area contributed by atoms with Gasteiger partial charge >= 0.3 is 0 Å². The summed E-state index contributed by atoms with van der Waals surface area (Å²) in [6, 6.07) is 8.51. The Hall–Kier alpha value is -3.12. The summed E-state index contributed by atoms with van der Waals surface area (Å²) in [7, 11) is 0. The van der Waals surface area contributed by atoms with E-state index in [-0.39, 0.29) is 24.4 Å². The molecule has 1 saturated carbocycles. The van der Waals surface area contributed by atoms with Crippen molar-refractivity contribution in [1.29, 1.82) is 0 Å². The number of rotatable bonds is 7. The molecule has 1 aliphatic carbocycles. The van der Waals surface area contributed by atoms with E-state index in [1.807, 2.05) is 24.5 Å². The van der Waals surface area contributed by atoms with Gasteiger partial charge in [0, 0.05) is 43.5 Å². The second-order valence-corrected chi connectivity index (χ2v) is 11.5. The molecule has 2 fully saturated rings. The summed E-state index contributed by atoms with van der Waals surface area (Å²) in [6.07, 6.45) is 7.33. The van der Waals surface area contributed by atoms with Gasteiger partial charge in [-0.15, -0.1) is 0 Å². The summed E-state index contributed by atoms with van der Waals surface area (Å²) in [5.74, 6) is 1.33. The van der Waals surface area contributed by atoms with Crippen LogP contribution >= 0.6 is 11.3 Å². The second kappa shape index (κ2) is 10.9. The first-order valence-electron chi connectivity index (χ1n) is 13.3. The molecular weight excluding hydrogens is 500 g/mol. The third kappa shape index (κ3) is 5.96. The maximum atomic E-state index is 9.91. The van der Waals surface area contributed by atoms with Gasteiger partial charge in [-0.1, -0.05) is 17.4 Å². The highest BCUT2D eigenvalue weighted by Gasteiger charge is 2.24. The van der Waals surface area contributed by atoms with Gasteiger partial charge in [-0.2, -0.15) is 10.1 Å². The maximum absolute atomic E-state index is 9.91. The molecule has 1 aromatic carbocycles. The first-order valence-corrected chi connectivity index (χ1v) is 14.2. The summed E-state index contributed by atoms with van der Waals surface area (Å²) in [5.41, 5.74) is 4.04. The maximum Gasteiger partial charge on any atom is 0.225 e. The van der Waals surface area contributed by atoms with Gasteiger partial charge in [-0.3, -0.25) is 10.00 Å². The van der Waals surface area contributed by atoms with E-state index in [0.717, 1.165) is 83.3 Å². The predicted octanol–water partition coefficient (Wildman–Crippen LogP) is 4.54. The van der Waals surface area contributed by atoms with Crippen LogP contribution in [-0.2, 0) is 11.3 Å². The van der Waals surface area contributed by atoms with Crippen molar-refractivity contribution in [3.63, 3.8) is 0 Å². The Kier molecular flexibility index (Phi) is 7.24. The number of aliphatic hydroxyl groups excluding tert-OH is 1. The molecule has 2 atom stereocenters. The Labute approximate surface area is 225 Å². The van der Waals surface area contributed by atoms with Gasteiger partial charge in [-0.25, -0.2) is 9.97 Å². The smallest absolute Gasteiger partial charge is 0.225 e. The van der Waals surface area contributed by atoms with Crippen molar-refractivity contribution in [3.8, 4) is 11.1 Å². The molecule has 0 radical (unpaired) electrons. The fourth-order valence-electron chi connectivity index (χ4n) is 5.43. The minimum absolute atomic E-state index is 0.194. The lowest BCUT2D eigenvalue weighted by atomic mass is 9.93. The van der Waals surface area contributed by atoms with E-state index >= 15 is 0 Å². The largest absolute Gasteiger partial charge is 0.393 e. The lowest BCUT2D eigenvalue weighted by molar-refractivity contribution is -0.0707. The number of nitrogens with zero attached hydrogens (tertiary/aromatic N) is 5. The number of aromatic amines is 1. The van der Waals surface area contributed by atoms with Gasteiger partial charge in [0.05, 0.1) is 40.4 Å². The van der Waals surface area contributed by atoms with Crippen LogP contribution in [0.1, 0.15) is 45.2 Å². The van der Waals surface area contributed by atoms with Crippen molar-refractivity contribution in [1.82, 2.24) is 30.0 Å². The topological polar surface area (TPSA) is 124 Å². The Balaban J connectivity index is 1.25. The first-order chi connectivity index (χ1) is 18.5. The quantitative estimate of drug-likeness (QED) is 0.270. The van der Waals surface area contributed by atoms with Crippen LogP contribution in [0.4, 0.5) is 16.9 Å². The van der Waals surface area contributed by atoms with Crippen molar-refractivity contribution in [2.24, 2.45) is 0 Å². The van der Waals surface area contributed by atoms with Gasteiger partial charge in [0.1, 0.15) is 5.82 Å². The molecule has 3 aromatic heterocycles. The molecule has 38 heavy (non-hydrogen) atoms. The molecule has 6 rings (SSSR count). The molecule has 0 bridgehead atoms. The number of H-pyrrole nitrogens is 1. The third-order valence-corrected chi connectivity index (χ3v) is 8.08. The van der Waals surface area contributed by atoms with Crippen molar-refractivity contribution >= 4 is 38.5 Å². The third-order valence-electron chi connectivity index (χ3n) is 7.14. The summed E-state index contributed by atoms with van der Waals surface area (Å²) in [5, 5.41) is 24.6. The van der Waals surface area contributed by atoms with Crippen LogP contribution < -0.4 is 10.6 Å². The number of hydrogen-bond donors (Lipinski definition) is 4. The fourth-order valence-corrected chi connectivity index (χ4v) is 6.34. The number of anilines is 3. The van der Waals surface area contributed by atoms with E-state index in [1.165, 1.54) is 0 Å². The monoisotopic (exact) mass is 534 g/mol. The van der Waals surface area contributed by atoms with Crippen LogP contribution in [0, 0.1) is 0 Å². The second-order valence-electron chi connectivity index (χ2n) is 10.5. The number of ether oxygens (including phenoxy) is 1. The predicted molar refractivity (Wildman–Crippen MR) is 150 cm³/mol. The number of aliphatic hydroxyl groups is 1. The van der Waals surface area contributed by atoms with E-state index in [2.05, 4.69) is 51.7 Å². The highest BCUT2D eigenvalue weighted by Crippen LogP contribution is 2.32. The molecule has 4 N–H and O–H groups in total. The summed E-state index contributed by atoms with van der Waals surface area (Å²) < 4.78 is 7.01. The lowest BCUT2D eigenvalue weighted by Gasteiger charge is -2.35. The van der Waals surface area contributed by atoms with Gasteiger partial charge in [0.15, 0.2) is 5.13 Å². The zero-order valence-corrected chi connectivity index (χ0v) is 22.5. The normalized spacial score (nSPS) is 24.5. The zero-order chi connectivity index (χ0) is 26.1. The molecule has 0 unspecified atom stereocenters. The molecule has 11 heteroatoms. The van der Waals surface area contributed by atoms with Gasteiger partial charge < -0.3 is 20.5 Å². The number of hydrogen-bond acceptors (Lipinski definition) is 10. The zero-order valence-electron chi connectivity index (χ0n) is 21.7. The van der Waals surface area contributed by atoms with Crippen LogP contribution in [0.3, 0.4) is 0 Å². The van der Waals surface area contributed by atoms with Gasteiger partial charge in [0.25, 0.3) is 0 Å². The SMILES string of the molecule is C[C@@H]1CN(Cc2cc(Nc3nc4ccc(-c5cn[nH]c5)cc4s3)nc(NC3CCC(O)CC3)n2)C[C@H](C)O1.